The number of rotatable bonds is 12. The quantitative estimate of drug-likeness (QED) is 0.0797. The van der Waals surface area contributed by atoms with E-state index in [0.29, 0.717) is 11.3 Å². The molecule has 0 saturated heterocycles. The molecule has 288 valence electrons. The molecule has 0 aliphatic rings. The van der Waals surface area contributed by atoms with Gasteiger partial charge in [-0.2, -0.15) is 0 Å². The molecule has 0 bridgehead atoms. The fourth-order valence-corrected chi connectivity index (χ4v) is 8.11. The number of phenols is 1. The summed E-state index contributed by atoms with van der Waals surface area (Å²) in [4.78, 5) is 50.6. The number of carbonyl (C=O) groups is 4. The highest BCUT2D eigenvalue weighted by atomic mass is 32.2. The first-order valence-corrected chi connectivity index (χ1v) is 20.1. The van der Waals surface area contributed by atoms with E-state index in [-0.39, 0.29) is 59.2 Å². The van der Waals surface area contributed by atoms with Crippen LogP contribution in [0.25, 0.3) is 0 Å². The van der Waals surface area contributed by atoms with Crippen LogP contribution in [0.4, 0.5) is 22.7 Å². The molecule has 0 radical (unpaired) electrons. The third-order valence-electron chi connectivity index (χ3n) is 8.69. The lowest BCUT2D eigenvalue weighted by Crippen LogP contribution is -2.16. The fourth-order valence-electron chi connectivity index (χ4n) is 5.59. The van der Waals surface area contributed by atoms with Crippen molar-refractivity contribution in [2.75, 3.05) is 28.3 Å². The van der Waals surface area contributed by atoms with Crippen LogP contribution >= 0.6 is 0 Å². The Labute approximate surface area is 328 Å². The summed E-state index contributed by atoms with van der Waals surface area (Å²) in [6, 6.07) is 32.5. The lowest BCUT2D eigenvalue weighted by Gasteiger charge is -2.11. The first-order chi connectivity index (χ1) is 27.1. The van der Waals surface area contributed by atoms with Gasteiger partial charge >= 0.3 is 0 Å². The summed E-state index contributed by atoms with van der Waals surface area (Å²) < 4.78 is 52.8. The van der Waals surface area contributed by atoms with Crippen LogP contribution in [-0.4, -0.2) is 52.5 Å². The first-order valence-electron chi connectivity index (χ1n) is 17.1. The molecule has 0 atom stereocenters. The van der Waals surface area contributed by atoms with Gasteiger partial charge in [-0.3, -0.25) is 19.2 Å². The van der Waals surface area contributed by atoms with Gasteiger partial charge in [-0.1, -0.05) is 12.1 Å². The van der Waals surface area contributed by atoms with E-state index in [1.807, 2.05) is 0 Å². The van der Waals surface area contributed by atoms with Crippen LogP contribution in [0, 0.1) is 0 Å². The van der Waals surface area contributed by atoms with Gasteiger partial charge in [0.25, 0.3) is 17.7 Å². The van der Waals surface area contributed by atoms with Crippen LogP contribution in [0.3, 0.4) is 0 Å². The standard InChI is InChI=1S/C42H34N4O9S2/c1-26(47)27-4-3-5-28(22-27)40(49)44-32-8-16-38(17-9-32)57(54,55)39-20-12-34(13-21-39)46-42(51)30-23-29(24-35(48)25-30)41(50)45-33-10-18-37(19-11-33)56(52,53)36-14-6-31(43-2)7-15-36/h3-25,43,48H,1-2H3,(H,44,49)(H,45,50)(H,46,51). The van der Waals surface area contributed by atoms with Crippen molar-refractivity contribution in [2.24, 2.45) is 0 Å². The maximum absolute atomic E-state index is 13.4. The van der Waals surface area contributed by atoms with Crippen molar-refractivity contribution < 1.29 is 41.1 Å². The molecule has 0 heterocycles. The van der Waals surface area contributed by atoms with E-state index in [0.717, 1.165) is 17.8 Å². The number of Topliss-reactive ketones (excluding diaryl/α,β-unsaturated/α-hetero) is 1. The molecule has 6 aromatic rings. The summed E-state index contributed by atoms with van der Waals surface area (Å²) in [6.45, 7) is 1.40. The molecule has 3 amide bonds. The Kier molecular flexibility index (Phi) is 11.3. The number of ketones is 1. The molecule has 15 heteroatoms. The zero-order chi connectivity index (χ0) is 40.9. The molecule has 0 saturated carbocycles. The molecule has 13 nitrogen and oxygen atoms in total. The molecule has 0 fully saturated rings. The number of carbonyl (C=O) groups excluding carboxylic acids is 4. The van der Waals surface area contributed by atoms with E-state index in [2.05, 4.69) is 21.3 Å². The molecule has 6 aromatic carbocycles. The Morgan fingerprint density at radius 3 is 1.11 bits per heavy atom. The minimum atomic E-state index is -3.99. The second-order valence-electron chi connectivity index (χ2n) is 12.6. The lowest BCUT2D eigenvalue weighted by atomic mass is 10.1. The number of phenolic OH excluding ortho intramolecular Hbond substituents is 1. The van der Waals surface area contributed by atoms with E-state index >= 15 is 0 Å². The van der Waals surface area contributed by atoms with Crippen molar-refractivity contribution >= 4 is 65.9 Å². The predicted molar refractivity (Wildman–Crippen MR) is 215 cm³/mol. The zero-order valence-corrected chi connectivity index (χ0v) is 31.9. The number of nitrogens with one attached hydrogen (secondary N) is 4. The molecule has 57 heavy (non-hydrogen) atoms. The van der Waals surface area contributed by atoms with E-state index < -0.39 is 37.4 Å². The SMILES string of the molecule is CNc1ccc(S(=O)(=O)c2ccc(NC(=O)c3cc(O)cc(C(=O)Nc4ccc(S(=O)(=O)c5ccc(NC(=O)c6cccc(C(C)=O)c6)cc5)cc4)c3)cc2)cc1. The lowest BCUT2D eigenvalue weighted by molar-refractivity contribution is 0.100. The smallest absolute Gasteiger partial charge is 0.255 e. The largest absolute Gasteiger partial charge is 0.508 e. The molecule has 5 N–H and O–H groups in total. The molecule has 0 aliphatic heterocycles. The maximum atomic E-state index is 13.4. The molecule has 0 spiro atoms. The minimum Gasteiger partial charge on any atom is -0.508 e. The van der Waals surface area contributed by atoms with Gasteiger partial charge in [-0.15, -0.1) is 0 Å². The van der Waals surface area contributed by atoms with Gasteiger partial charge < -0.3 is 26.4 Å². The Bertz CT molecular complexity index is 2740. The fraction of sp³-hybridized carbons (Fsp3) is 0.0476. The van der Waals surface area contributed by atoms with E-state index in [9.17, 15) is 41.1 Å². The van der Waals surface area contributed by atoms with E-state index in [1.165, 1.54) is 104 Å². The third-order valence-corrected chi connectivity index (χ3v) is 12.3. The number of hydrogen-bond acceptors (Lipinski definition) is 10. The number of sulfone groups is 2. The summed E-state index contributed by atoms with van der Waals surface area (Å²) in [5, 5.41) is 21.2. The average Bonchev–Trinajstić information content (AvgIpc) is 3.21. The maximum Gasteiger partial charge on any atom is 0.255 e. The van der Waals surface area contributed by atoms with Gasteiger partial charge in [0.15, 0.2) is 5.78 Å². The van der Waals surface area contributed by atoms with Crippen LogP contribution in [0.15, 0.2) is 159 Å². The Hall–Kier alpha value is -7.10. The van der Waals surface area contributed by atoms with Crippen LogP contribution in [0.1, 0.15) is 48.4 Å². The third kappa shape index (κ3) is 9.07. The van der Waals surface area contributed by atoms with Crippen LogP contribution in [0.5, 0.6) is 5.75 Å². The normalized spacial score (nSPS) is 11.3. The highest BCUT2D eigenvalue weighted by molar-refractivity contribution is 7.91. The Morgan fingerprint density at radius 2 is 0.754 bits per heavy atom. The summed E-state index contributed by atoms with van der Waals surface area (Å²) in [5.41, 5.74) is 2.12. The van der Waals surface area contributed by atoms with Crippen molar-refractivity contribution in [1.29, 1.82) is 0 Å². The number of aromatic hydroxyl groups is 1. The number of hydrogen-bond donors (Lipinski definition) is 5. The number of amides is 3. The van der Waals surface area contributed by atoms with Crippen molar-refractivity contribution in [2.45, 2.75) is 26.5 Å². The van der Waals surface area contributed by atoms with Gasteiger partial charge in [-0.05, 0) is 134 Å². The number of benzene rings is 6. The molecule has 0 unspecified atom stereocenters. The Balaban J connectivity index is 1.08. The van der Waals surface area contributed by atoms with Gasteiger partial charge in [0.2, 0.25) is 19.7 Å². The van der Waals surface area contributed by atoms with Gasteiger partial charge in [0, 0.05) is 52.1 Å². The first kappa shape index (κ1) is 39.6. The highest BCUT2D eigenvalue weighted by Gasteiger charge is 2.21. The van der Waals surface area contributed by atoms with Crippen LogP contribution in [0.2, 0.25) is 0 Å². The van der Waals surface area contributed by atoms with Crippen molar-refractivity contribution in [3.8, 4) is 5.75 Å². The number of anilines is 4. The highest BCUT2D eigenvalue weighted by Crippen LogP contribution is 2.27. The molecular weight excluding hydrogens is 769 g/mol. The monoisotopic (exact) mass is 802 g/mol. The molecule has 0 aliphatic carbocycles. The summed E-state index contributed by atoms with van der Waals surface area (Å²) >= 11 is 0. The van der Waals surface area contributed by atoms with E-state index in [1.54, 1.807) is 37.4 Å². The second kappa shape index (κ2) is 16.3. The second-order valence-corrected chi connectivity index (χ2v) is 16.5. The van der Waals surface area contributed by atoms with Gasteiger partial charge in [0.1, 0.15) is 5.75 Å². The van der Waals surface area contributed by atoms with E-state index in [4.69, 9.17) is 0 Å². The average molecular weight is 803 g/mol. The van der Waals surface area contributed by atoms with Crippen molar-refractivity contribution in [3.05, 3.63) is 162 Å². The van der Waals surface area contributed by atoms with Crippen molar-refractivity contribution in [1.82, 2.24) is 0 Å². The molecular formula is C42H34N4O9S2. The van der Waals surface area contributed by atoms with Crippen LogP contribution < -0.4 is 21.3 Å². The zero-order valence-electron chi connectivity index (χ0n) is 30.3. The summed E-state index contributed by atoms with van der Waals surface area (Å²) in [7, 11) is -6.08. The molecule has 0 aromatic heterocycles. The Morgan fingerprint density at radius 1 is 0.439 bits per heavy atom. The summed E-state index contributed by atoms with van der Waals surface area (Å²) in [5.74, 6) is -2.40. The predicted octanol–water partition coefficient (Wildman–Crippen LogP) is 7.06. The van der Waals surface area contributed by atoms with Crippen LogP contribution in [-0.2, 0) is 19.7 Å². The molecule has 6 rings (SSSR count). The van der Waals surface area contributed by atoms with Crippen molar-refractivity contribution in [3.63, 3.8) is 0 Å². The van der Waals surface area contributed by atoms with Gasteiger partial charge in [-0.25, -0.2) is 16.8 Å². The van der Waals surface area contributed by atoms with Gasteiger partial charge in [0.05, 0.1) is 19.6 Å². The minimum absolute atomic E-state index is 0.0203. The summed E-state index contributed by atoms with van der Waals surface area (Å²) in [6.07, 6.45) is 0. The topological polar surface area (TPSA) is 205 Å².